The summed E-state index contributed by atoms with van der Waals surface area (Å²) in [6.45, 7) is 0. The Kier molecular flexibility index (Phi) is 4.99. The van der Waals surface area contributed by atoms with E-state index in [4.69, 9.17) is 5.73 Å². The van der Waals surface area contributed by atoms with Crippen LogP contribution >= 0.6 is 11.8 Å². The molecule has 110 valence electrons. The van der Waals surface area contributed by atoms with E-state index in [1.165, 1.54) is 0 Å². The topological polar surface area (TPSA) is 55.1 Å². The molecule has 1 fully saturated rings. The predicted octanol–water partition coefficient (Wildman–Crippen LogP) is 3.60. The molecule has 0 spiro atoms. The fourth-order valence-electron chi connectivity index (χ4n) is 2.39. The number of rotatable bonds is 4. The molecule has 0 aromatic heterocycles. The van der Waals surface area contributed by atoms with Crippen molar-refractivity contribution in [2.45, 2.75) is 48.3 Å². The molecule has 3 N–H and O–H groups in total. The second-order valence-corrected chi connectivity index (χ2v) is 6.14. The van der Waals surface area contributed by atoms with Gasteiger partial charge in [-0.2, -0.15) is 8.78 Å². The Bertz CT molecular complexity index is 459. The average molecular weight is 300 g/mol. The number of nitrogens with two attached hydrogens (primary N) is 1. The molecule has 0 unspecified atom stereocenters. The van der Waals surface area contributed by atoms with Crippen LogP contribution in [0, 0.1) is 0 Å². The Balaban J connectivity index is 1.97. The highest BCUT2D eigenvalue weighted by Gasteiger charge is 2.35. The average Bonchev–Trinajstić information content (AvgIpc) is 2.41. The molecule has 0 bridgehead atoms. The molecule has 2 rings (SSSR count). The number of halogens is 2. The van der Waals surface area contributed by atoms with E-state index in [2.05, 4.69) is 5.32 Å². The van der Waals surface area contributed by atoms with Crippen LogP contribution in [0.4, 0.5) is 14.5 Å². The molecular formula is C14H18F2N2OS. The van der Waals surface area contributed by atoms with E-state index in [0.29, 0.717) is 35.2 Å². The first kappa shape index (κ1) is 15.3. The number of benzene rings is 1. The number of amides is 1. The zero-order valence-electron chi connectivity index (χ0n) is 11.1. The number of alkyl halides is 2. The van der Waals surface area contributed by atoms with Crippen molar-refractivity contribution >= 4 is 23.4 Å². The van der Waals surface area contributed by atoms with Gasteiger partial charge in [0.05, 0.1) is 5.54 Å². The molecule has 3 nitrogen and oxygen atoms in total. The third-order valence-electron chi connectivity index (χ3n) is 3.54. The van der Waals surface area contributed by atoms with E-state index in [0.717, 1.165) is 19.3 Å². The van der Waals surface area contributed by atoms with Crippen molar-refractivity contribution in [1.29, 1.82) is 0 Å². The van der Waals surface area contributed by atoms with E-state index >= 15 is 0 Å². The van der Waals surface area contributed by atoms with Crippen molar-refractivity contribution in [2.24, 2.45) is 5.73 Å². The van der Waals surface area contributed by atoms with Gasteiger partial charge in [-0.25, -0.2) is 0 Å². The molecule has 1 saturated carbocycles. The van der Waals surface area contributed by atoms with Gasteiger partial charge in [-0.1, -0.05) is 31.0 Å². The third kappa shape index (κ3) is 3.93. The molecule has 6 heteroatoms. The first-order valence-electron chi connectivity index (χ1n) is 6.65. The van der Waals surface area contributed by atoms with Crippen molar-refractivity contribution in [3.05, 3.63) is 24.3 Å². The standard InChI is InChI=1S/C14H18F2N2OS/c15-13(16)20-11-6-4-10(5-7-11)18-12(19)14(17)8-2-1-3-9-14/h4-7,13H,1-3,8-9,17H2,(H,18,19). The van der Waals surface area contributed by atoms with Crippen molar-refractivity contribution in [3.8, 4) is 0 Å². The van der Waals surface area contributed by atoms with Gasteiger partial charge in [-0.05, 0) is 37.1 Å². The maximum Gasteiger partial charge on any atom is 0.288 e. The van der Waals surface area contributed by atoms with Crippen LogP contribution in [0.1, 0.15) is 32.1 Å². The van der Waals surface area contributed by atoms with Crippen molar-refractivity contribution in [2.75, 3.05) is 5.32 Å². The van der Waals surface area contributed by atoms with Gasteiger partial charge < -0.3 is 11.1 Å². The van der Waals surface area contributed by atoms with Gasteiger partial charge >= 0.3 is 0 Å². The predicted molar refractivity (Wildman–Crippen MR) is 76.9 cm³/mol. The summed E-state index contributed by atoms with van der Waals surface area (Å²) in [4.78, 5) is 12.7. The lowest BCUT2D eigenvalue weighted by molar-refractivity contribution is -0.122. The lowest BCUT2D eigenvalue weighted by Gasteiger charge is -2.31. The molecule has 1 amide bonds. The van der Waals surface area contributed by atoms with Crippen LogP contribution in [0.5, 0.6) is 0 Å². The fourth-order valence-corrected chi connectivity index (χ4v) is 2.88. The minimum absolute atomic E-state index is 0.188. The van der Waals surface area contributed by atoms with Crippen LogP contribution in [-0.4, -0.2) is 17.2 Å². The van der Waals surface area contributed by atoms with Crippen LogP contribution in [0.3, 0.4) is 0 Å². The maximum atomic E-state index is 12.2. The molecule has 0 atom stereocenters. The van der Waals surface area contributed by atoms with Gasteiger partial charge in [0.2, 0.25) is 5.91 Å². The van der Waals surface area contributed by atoms with Gasteiger partial charge in [0.15, 0.2) is 0 Å². The lowest BCUT2D eigenvalue weighted by atomic mass is 9.82. The molecule has 1 aromatic rings. The summed E-state index contributed by atoms with van der Waals surface area (Å²) in [6.07, 6.45) is 4.43. The highest BCUT2D eigenvalue weighted by Crippen LogP contribution is 2.29. The number of nitrogens with one attached hydrogen (secondary N) is 1. The van der Waals surface area contributed by atoms with E-state index in [-0.39, 0.29) is 5.91 Å². The second-order valence-electron chi connectivity index (χ2n) is 5.07. The quantitative estimate of drug-likeness (QED) is 0.835. The van der Waals surface area contributed by atoms with Crippen molar-refractivity contribution < 1.29 is 13.6 Å². The highest BCUT2D eigenvalue weighted by atomic mass is 32.2. The second kappa shape index (κ2) is 6.54. The van der Waals surface area contributed by atoms with Crippen LogP contribution in [-0.2, 0) is 4.79 Å². The molecule has 0 saturated heterocycles. The van der Waals surface area contributed by atoms with Gasteiger partial charge in [0, 0.05) is 10.6 Å². The van der Waals surface area contributed by atoms with Crippen LogP contribution in [0.25, 0.3) is 0 Å². The summed E-state index contributed by atoms with van der Waals surface area (Å²) in [5.41, 5.74) is 5.92. The molecule has 0 heterocycles. The molecule has 0 aliphatic heterocycles. The summed E-state index contributed by atoms with van der Waals surface area (Å²) >= 11 is 0.483. The number of hydrogen-bond donors (Lipinski definition) is 2. The number of carbonyl (C=O) groups excluding carboxylic acids is 1. The smallest absolute Gasteiger partial charge is 0.288 e. The molecule has 1 aromatic carbocycles. The van der Waals surface area contributed by atoms with Crippen molar-refractivity contribution in [3.63, 3.8) is 0 Å². The summed E-state index contributed by atoms with van der Waals surface area (Å²) in [6, 6.07) is 6.37. The number of anilines is 1. The maximum absolute atomic E-state index is 12.2. The van der Waals surface area contributed by atoms with E-state index in [1.54, 1.807) is 24.3 Å². The first-order valence-corrected chi connectivity index (χ1v) is 7.53. The van der Waals surface area contributed by atoms with Gasteiger partial charge in [0.1, 0.15) is 0 Å². The third-order valence-corrected chi connectivity index (χ3v) is 4.26. The van der Waals surface area contributed by atoms with Gasteiger partial charge in [-0.15, -0.1) is 0 Å². The highest BCUT2D eigenvalue weighted by molar-refractivity contribution is 7.99. The number of carbonyl (C=O) groups is 1. The molecule has 20 heavy (non-hydrogen) atoms. The summed E-state index contributed by atoms with van der Waals surface area (Å²) in [5, 5.41) is 2.77. The summed E-state index contributed by atoms with van der Waals surface area (Å²) in [5.74, 6) is -2.63. The number of thioether (sulfide) groups is 1. The number of hydrogen-bond acceptors (Lipinski definition) is 3. The molecule has 1 aliphatic carbocycles. The Labute approximate surface area is 121 Å². The molecular weight excluding hydrogens is 282 g/mol. The lowest BCUT2D eigenvalue weighted by Crippen LogP contribution is -2.52. The van der Waals surface area contributed by atoms with Gasteiger partial charge in [0.25, 0.3) is 5.76 Å². The largest absolute Gasteiger partial charge is 0.324 e. The zero-order chi connectivity index (χ0) is 14.6. The van der Waals surface area contributed by atoms with Gasteiger partial charge in [-0.3, -0.25) is 4.79 Å². The zero-order valence-corrected chi connectivity index (χ0v) is 11.9. The Morgan fingerprint density at radius 2 is 1.80 bits per heavy atom. The minimum atomic E-state index is -2.44. The SMILES string of the molecule is NC1(C(=O)Nc2ccc(SC(F)F)cc2)CCCCC1. The van der Waals surface area contributed by atoms with E-state index in [1.807, 2.05) is 0 Å². The Hall–Kier alpha value is -1.14. The Morgan fingerprint density at radius 3 is 2.35 bits per heavy atom. The molecule has 0 radical (unpaired) electrons. The molecule has 1 aliphatic rings. The van der Waals surface area contributed by atoms with Crippen LogP contribution in [0.2, 0.25) is 0 Å². The normalized spacial score (nSPS) is 18.0. The Morgan fingerprint density at radius 1 is 1.20 bits per heavy atom. The van der Waals surface area contributed by atoms with Crippen LogP contribution in [0.15, 0.2) is 29.2 Å². The monoisotopic (exact) mass is 300 g/mol. The first-order chi connectivity index (χ1) is 9.49. The summed E-state index contributed by atoms with van der Waals surface area (Å²) in [7, 11) is 0. The summed E-state index contributed by atoms with van der Waals surface area (Å²) < 4.78 is 24.4. The van der Waals surface area contributed by atoms with Crippen LogP contribution < -0.4 is 11.1 Å². The minimum Gasteiger partial charge on any atom is -0.324 e. The van der Waals surface area contributed by atoms with E-state index < -0.39 is 11.3 Å². The fraction of sp³-hybridized carbons (Fsp3) is 0.500. The van der Waals surface area contributed by atoms with E-state index in [9.17, 15) is 13.6 Å². The van der Waals surface area contributed by atoms with Crippen molar-refractivity contribution in [1.82, 2.24) is 0 Å².